The van der Waals surface area contributed by atoms with Crippen LogP contribution >= 0.6 is 12.2 Å². The predicted octanol–water partition coefficient (Wildman–Crippen LogP) is 7.22. The molecule has 2 aromatic carbocycles. The smallest absolute Gasteiger partial charge is 0.179 e. The number of piperidine rings is 1. The van der Waals surface area contributed by atoms with E-state index in [2.05, 4.69) is 82.4 Å². The molecule has 7 rings (SSSR count). The maximum absolute atomic E-state index is 5.97. The maximum atomic E-state index is 5.97. The normalized spacial score (nSPS) is 23.9. The molecular formula is C37H51N5OS. The summed E-state index contributed by atoms with van der Waals surface area (Å²) in [4.78, 5) is 8.08. The quantitative estimate of drug-likeness (QED) is 0.177. The minimum atomic E-state index is 0.353. The Labute approximate surface area is 269 Å². The first kappa shape index (κ1) is 30.1. The first-order chi connectivity index (χ1) is 21.5. The topological polar surface area (TPSA) is 27.1 Å². The summed E-state index contributed by atoms with van der Waals surface area (Å²) in [7, 11) is 4.06. The van der Waals surface area contributed by atoms with Crippen LogP contribution in [0.5, 0.6) is 5.75 Å². The van der Waals surface area contributed by atoms with E-state index in [-0.39, 0.29) is 0 Å². The molecule has 1 saturated carbocycles. The van der Waals surface area contributed by atoms with Gasteiger partial charge in [0.1, 0.15) is 5.75 Å². The lowest BCUT2D eigenvalue weighted by molar-refractivity contribution is 0.0359. The summed E-state index contributed by atoms with van der Waals surface area (Å²) >= 11 is 1.36. The number of likely N-dealkylation sites (tertiary alicyclic amines) is 1. The number of anilines is 2. The van der Waals surface area contributed by atoms with Gasteiger partial charge in [-0.1, -0.05) is 44.0 Å². The van der Waals surface area contributed by atoms with Crippen LogP contribution in [-0.4, -0.2) is 67.2 Å². The zero-order valence-electron chi connectivity index (χ0n) is 27.0. The molecule has 1 atom stereocenters. The molecular weight excluding hydrogens is 563 g/mol. The van der Waals surface area contributed by atoms with Crippen molar-refractivity contribution < 1.29 is 4.18 Å². The van der Waals surface area contributed by atoms with Crippen LogP contribution in [0, 0.1) is 17.8 Å². The second-order valence-electron chi connectivity index (χ2n) is 14.0. The number of hydrogen-bond acceptors (Lipinski definition) is 6. The van der Waals surface area contributed by atoms with Crippen molar-refractivity contribution >= 4 is 23.6 Å². The average Bonchev–Trinajstić information content (AvgIpc) is 3.74. The van der Waals surface area contributed by atoms with Gasteiger partial charge in [-0.2, -0.15) is 0 Å². The minimum Gasteiger partial charge on any atom is -0.405 e. The average molecular weight is 614 g/mol. The number of benzene rings is 2. The lowest BCUT2D eigenvalue weighted by Gasteiger charge is -2.54. The number of hydrogen-bond donors (Lipinski definition) is 0. The second kappa shape index (κ2) is 13.0. The highest BCUT2D eigenvalue weighted by molar-refractivity contribution is 7.96. The third kappa shape index (κ3) is 6.00. The van der Waals surface area contributed by atoms with E-state index in [1.807, 2.05) is 29.2 Å². The van der Waals surface area contributed by atoms with Crippen molar-refractivity contribution in [3.05, 3.63) is 78.1 Å². The van der Waals surface area contributed by atoms with Gasteiger partial charge in [0, 0.05) is 76.2 Å². The molecule has 4 aliphatic rings. The van der Waals surface area contributed by atoms with E-state index in [1.54, 1.807) is 11.1 Å². The number of fused-ring (bicyclic) bond motifs is 1. The van der Waals surface area contributed by atoms with Gasteiger partial charge in [0.05, 0.1) is 5.69 Å². The van der Waals surface area contributed by atoms with E-state index in [0.717, 1.165) is 48.8 Å². The third-order valence-electron chi connectivity index (χ3n) is 11.3. The molecule has 1 aliphatic carbocycles. The summed E-state index contributed by atoms with van der Waals surface area (Å²) < 4.78 is 10.1. The molecule has 236 valence electrons. The van der Waals surface area contributed by atoms with E-state index in [0.29, 0.717) is 5.41 Å². The van der Waals surface area contributed by atoms with Crippen LogP contribution in [-0.2, 0) is 19.0 Å². The molecule has 0 bridgehead atoms. The zero-order valence-corrected chi connectivity index (χ0v) is 27.9. The molecule has 0 radical (unpaired) electrons. The molecule has 3 fully saturated rings. The van der Waals surface area contributed by atoms with Gasteiger partial charge in [-0.15, -0.1) is 0 Å². The summed E-state index contributed by atoms with van der Waals surface area (Å²) in [5, 5.41) is 0. The molecule has 7 heteroatoms. The van der Waals surface area contributed by atoms with E-state index >= 15 is 0 Å². The Bertz CT molecular complexity index is 1370. The molecule has 4 heterocycles. The van der Waals surface area contributed by atoms with Gasteiger partial charge in [0.2, 0.25) is 0 Å². The van der Waals surface area contributed by atoms with Gasteiger partial charge in [-0.3, -0.25) is 9.21 Å². The van der Waals surface area contributed by atoms with Gasteiger partial charge in [0.15, 0.2) is 12.2 Å². The summed E-state index contributed by atoms with van der Waals surface area (Å²) in [6.45, 7) is 12.1. The summed E-state index contributed by atoms with van der Waals surface area (Å²) in [6.07, 6.45) is 12.6. The molecule has 1 aromatic heterocycles. The Morgan fingerprint density at radius 2 is 1.64 bits per heavy atom. The van der Waals surface area contributed by atoms with Crippen LogP contribution in [0.1, 0.15) is 56.6 Å². The van der Waals surface area contributed by atoms with Crippen molar-refractivity contribution in [2.45, 2.75) is 57.4 Å². The molecule has 6 nitrogen and oxygen atoms in total. The van der Waals surface area contributed by atoms with Crippen molar-refractivity contribution in [2.24, 2.45) is 24.8 Å². The lowest BCUT2D eigenvalue weighted by atomic mass is 9.57. The van der Waals surface area contributed by atoms with Crippen LogP contribution in [0.15, 0.2) is 67.0 Å². The Morgan fingerprint density at radius 1 is 0.909 bits per heavy atom. The third-order valence-corrected chi connectivity index (χ3v) is 12.0. The molecule has 3 aliphatic heterocycles. The van der Waals surface area contributed by atoms with Crippen LogP contribution in [0.2, 0.25) is 0 Å². The van der Waals surface area contributed by atoms with Crippen molar-refractivity contribution in [1.29, 1.82) is 0 Å². The van der Waals surface area contributed by atoms with E-state index in [9.17, 15) is 0 Å². The Kier molecular flexibility index (Phi) is 8.89. The molecule has 2 saturated heterocycles. The molecule has 0 spiro atoms. The molecule has 1 unspecified atom stereocenters. The number of likely N-dealkylation sites (N-methyl/N-ethyl adjacent to an activating group) is 1. The van der Waals surface area contributed by atoms with Crippen LogP contribution in [0.4, 0.5) is 11.4 Å². The summed E-state index contributed by atoms with van der Waals surface area (Å²) in [5.41, 5.74) is 6.13. The standard InChI is InChI=1S/C37H51N5OS/c1-4-40-26-30-9-5-8-12-36(30)37(28-40,31-10-6-7-11-31)32-17-21-41(22-18-32)23-29-24-42(25-29)33-13-15-35(16-14-33)43-44-39(3)34-19-20-38(2)27-34/h5,8-9,12-16,19-20,27,29,31-32H,4,6-7,10-11,17-18,21-26,28H2,1-3H3. The number of aromatic nitrogens is 1. The molecule has 0 N–H and O–H groups in total. The van der Waals surface area contributed by atoms with Crippen molar-refractivity contribution in [3.63, 3.8) is 0 Å². The van der Waals surface area contributed by atoms with Crippen molar-refractivity contribution in [1.82, 2.24) is 14.4 Å². The zero-order chi connectivity index (χ0) is 30.1. The fourth-order valence-corrected chi connectivity index (χ4v) is 9.48. The Hall–Kier alpha value is -2.61. The van der Waals surface area contributed by atoms with Gasteiger partial charge in [-0.25, -0.2) is 0 Å². The SMILES string of the molecule is CCN1Cc2ccccc2C(C2CCCC2)(C2CCN(CC3CN(c4ccc(OSN(C)c5ccn(C)c5)cc4)C3)CC2)C1. The number of rotatable bonds is 10. The highest BCUT2D eigenvalue weighted by Crippen LogP contribution is 2.53. The molecule has 44 heavy (non-hydrogen) atoms. The van der Waals surface area contributed by atoms with E-state index < -0.39 is 0 Å². The van der Waals surface area contributed by atoms with Crippen LogP contribution in [0.25, 0.3) is 0 Å². The first-order valence-electron chi connectivity index (χ1n) is 17.1. The fraction of sp³-hybridized carbons (Fsp3) is 0.568. The Balaban J connectivity index is 0.915. The van der Waals surface area contributed by atoms with Gasteiger partial charge >= 0.3 is 0 Å². The highest BCUT2D eigenvalue weighted by Gasteiger charge is 2.51. The lowest BCUT2D eigenvalue weighted by Crippen LogP contribution is -2.57. The van der Waals surface area contributed by atoms with Gasteiger partial charge < -0.3 is 18.6 Å². The van der Waals surface area contributed by atoms with Crippen molar-refractivity contribution in [3.8, 4) is 5.75 Å². The largest absolute Gasteiger partial charge is 0.405 e. The molecule has 3 aromatic rings. The van der Waals surface area contributed by atoms with Crippen LogP contribution < -0.4 is 13.4 Å². The summed E-state index contributed by atoms with van der Waals surface area (Å²) in [6, 6.07) is 20.3. The van der Waals surface area contributed by atoms with Crippen LogP contribution in [0.3, 0.4) is 0 Å². The van der Waals surface area contributed by atoms with Crippen molar-refractivity contribution in [2.75, 3.05) is 62.1 Å². The van der Waals surface area contributed by atoms with Gasteiger partial charge in [0.25, 0.3) is 0 Å². The van der Waals surface area contributed by atoms with E-state index in [4.69, 9.17) is 4.18 Å². The fourth-order valence-electron chi connectivity index (χ4n) is 8.98. The Morgan fingerprint density at radius 3 is 2.34 bits per heavy atom. The monoisotopic (exact) mass is 613 g/mol. The second-order valence-corrected chi connectivity index (χ2v) is 14.9. The number of aryl methyl sites for hydroxylation is 1. The predicted molar refractivity (Wildman–Crippen MR) is 184 cm³/mol. The highest BCUT2D eigenvalue weighted by atomic mass is 32.2. The minimum absolute atomic E-state index is 0.353. The first-order valence-corrected chi connectivity index (χ1v) is 17.8. The van der Waals surface area contributed by atoms with Gasteiger partial charge in [-0.05, 0) is 98.6 Å². The summed E-state index contributed by atoms with van der Waals surface area (Å²) in [5.74, 6) is 3.32. The van der Waals surface area contributed by atoms with E-state index in [1.165, 1.54) is 89.2 Å². The molecule has 0 amide bonds. The maximum Gasteiger partial charge on any atom is 0.179 e. The number of nitrogens with zero attached hydrogens (tertiary/aromatic N) is 5.